The van der Waals surface area contributed by atoms with Crippen molar-refractivity contribution in [3.63, 3.8) is 0 Å². The van der Waals surface area contributed by atoms with Crippen molar-refractivity contribution >= 4 is 16.7 Å². The molecule has 1 aromatic carbocycles. The van der Waals surface area contributed by atoms with E-state index in [9.17, 15) is 9.90 Å². The van der Waals surface area contributed by atoms with Crippen LogP contribution in [0.2, 0.25) is 0 Å². The Bertz CT molecular complexity index is 1180. The number of pyridine rings is 3. The molecule has 0 aliphatic rings. The van der Waals surface area contributed by atoms with E-state index in [-0.39, 0.29) is 5.78 Å². The minimum Gasteiger partial charge on any atom is -0.393 e. The number of aliphatic hydroxyl groups excluding tert-OH is 1. The molecule has 1 atom stereocenters. The van der Waals surface area contributed by atoms with Crippen LogP contribution < -0.4 is 0 Å². The van der Waals surface area contributed by atoms with E-state index in [1.807, 2.05) is 61.8 Å². The number of carbonyl (C=O) groups is 1. The Morgan fingerprint density at radius 2 is 1.74 bits per heavy atom. The van der Waals surface area contributed by atoms with Gasteiger partial charge in [0.05, 0.1) is 17.3 Å². The maximum atomic E-state index is 12.4. The molecule has 31 heavy (non-hydrogen) atoms. The summed E-state index contributed by atoms with van der Waals surface area (Å²) in [4.78, 5) is 25.8. The highest BCUT2D eigenvalue weighted by Gasteiger charge is 2.13. The Morgan fingerprint density at radius 3 is 2.42 bits per heavy atom. The summed E-state index contributed by atoms with van der Waals surface area (Å²) in [6.07, 6.45) is 8.68. The van der Waals surface area contributed by atoms with E-state index in [1.165, 1.54) is 0 Å². The molecule has 5 heteroatoms. The lowest BCUT2D eigenvalue weighted by atomic mass is 9.97. The predicted molar refractivity (Wildman–Crippen MR) is 122 cm³/mol. The molecule has 156 valence electrons. The van der Waals surface area contributed by atoms with Crippen LogP contribution in [0.25, 0.3) is 33.3 Å². The van der Waals surface area contributed by atoms with Crippen molar-refractivity contribution in [3.8, 4) is 22.4 Å². The van der Waals surface area contributed by atoms with Crippen LogP contribution in [0.3, 0.4) is 0 Å². The zero-order valence-electron chi connectivity index (χ0n) is 17.5. The van der Waals surface area contributed by atoms with Crippen LogP contribution >= 0.6 is 0 Å². The van der Waals surface area contributed by atoms with Crippen molar-refractivity contribution in [2.24, 2.45) is 0 Å². The first-order valence-corrected chi connectivity index (χ1v) is 10.6. The SMILES string of the molecule is CCC(O)CCC(=O)Cc1ccc2nc(-c3cccnc3)c(-c3cccnc3)cc2c1. The number of hydrogen-bond donors (Lipinski definition) is 1. The lowest BCUT2D eigenvalue weighted by Gasteiger charge is -2.12. The molecule has 1 N–H and O–H groups in total. The summed E-state index contributed by atoms with van der Waals surface area (Å²) in [5, 5.41) is 10.7. The molecule has 0 fully saturated rings. The van der Waals surface area contributed by atoms with Crippen LogP contribution in [0.5, 0.6) is 0 Å². The quantitative estimate of drug-likeness (QED) is 0.440. The maximum absolute atomic E-state index is 12.4. The fourth-order valence-corrected chi connectivity index (χ4v) is 3.65. The Hall–Kier alpha value is -3.44. The maximum Gasteiger partial charge on any atom is 0.137 e. The van der Waals surface area contributed by atoms with Gasteiger partial charge in [0.25, 0.3) is 0 Å². The van der Waals surface area contributed by atoms with Crippen molar-refractivity contribution in [1.29, 1.82) is 0 Å². The van der Waals surface area contributed by atoms with E-state index in [4.69, 9.17) is 4.98 Å². The molecule has 1 unspecified atom stereocenters. The third-order valence-electron chi connectivity index (χ3n) is 5.42. The van der Waals surface area contributed by atoms with Gasteiger partial charge in [-0.1, -0.05) is 19.1 Å². The summed E-state index contributed by atoms with van der Waals surface area (Å²) in [6, 6.07) is 15.9. The van der Waals surface area contributed by atoms with Gasteiger partial charge in [-0.25, -0.2) is 4.98 Å². The van der Waals surface area contributed by atoms with Crippen LogP contribution in [-0.4, -0.2) is 31.9 Å². The fraction of sp³-hybridized carbons (Fsp3) is 0.231. The zero-order valence-corrected chi connectivity index (χ0v) is 17.5. The minimum absolute atomic E-state index is 0.138. The first-order chi connectivity index (χ1) is 15.1. The van der Waals surface area contributed by atoms with E-state index in [1.54, 1.807) is 12.4 Å². The number of Topliss-reactive ketones (excluding diaryl/α,β-unsaturated/α-hetero) is 1. The summed E-state index contributed by atoms with van der Waals surface area (Å²) < 4.78 is 0. The monoisotopic (exact) mass is 411 g/mol. The Labute approximate surface area is 181 Å². The Kier molecular flexibility index (Phi) is 6.43. The van der Waals surface area contributed by atoms with Crippen LogP contribution in [0.15, 0.2) is 73.3 Å². The molecule has 0 saturated carbocycles. The van der Waals surface area contributed by atoms with E-state index < -0.39 is 6.10 Å². The normalized spacial score (nSPS) is 12.1. The summed E-state index contributed by atoms with van der Waals surface area (Å²) in [7, 11) is 0. The van der Waals surface area contributed by atoms with E-state index in [0.717, 1.165) is 38.9 Å². The lowest BCUT2D eigenvalue weighted by molar-refractivity contribution is -0.119. The largest absolute Gasteiger partial charge is 0.393 e. The molecule has 3 heterocycles. The van der Waals surface area contributed by atoms with Gasteiger partial charge in [-0.15, -0.1) is 0 Å². The highest BCUT2D eigenvalue weighted by Crippen LogP contribution is 2.33. The lowest BCUT2D eigenvalue weighted by Crippen LogP contribution is -2.10. The number of aromatic nitrogens is 3. The highest BCUT2D eigenvalue weighted by molar-refractivity contribution is 5.92. The van der Waals surface area contributed by atoms with Gasteiger partial charge in [-0.05, 0) is 54.8 Å². The molecular weight excluding hydrogens is 386 g/mol. The van der Waals surface area contributed by atoms with Crippen LogP contribution in [0.4, 0.5) is 0 Å². The van der Waals surface area contributed by atoms with Gasteiger partial charge in [0.2, 0.25) is 0 Å². The molecule has 0 aliphatic carbocycles. The molecule has 0 saturated heterocycles. The van der Waals surface area contributed by atoms with Gasteiger partial charge in [0, 0.05) is 59.7 Å². The Balaban J connectivity index is 1.70. The molecule has 5 nitrogen and oxygen atoms in total. The molecule has 4 rings (SSSR count). The third kappa shape index (κ3) is 5.01. The summed E-state index contributed by atoms with van der Waals surface area (Å²) in [5.74, 6) is 0.138. The van der Waals surface area contributed by atoms with Crippen LogP contribution in [-0.2, 0) is 11.2 Å². The van der Waals surface area contributed by atoms with Crippen molar-refractivity contribution < 1.29 is 9.90 Å². The number of fused-ring (bicyclic) bond motifs is 1. The summed E-state index contributed by atoms with van der Waals surface area (Å²) >= 11 is 0. The van der Waals surface area contributed by atoms with Crippen LogP contribution in [0.1, 0.15) is 31.7 Å². The minimum atomic E-state index is -0.405. The van der Waals surface area contributed by atoms with E-state index >= 15 is 0 Å². The second-order valence-electron chi connectivity index (χ2n) is 7.71. The third-order valence-corrected chi connectivity index (χ3v) is 5.42. The molecule has 0 spiro atoms. The van der Waals surface area contributed by atoms with Gasteiger partial charge in [-0.2, -0.15) is 0 Å². The molecule has 0 aliphatic heterocycles. The number of rotatable bonds is 8. The van der Waals surface area contributed by atoms with Gasteiger partial charge in [-0.3, -0.25) is 14.8 Å². The summed E-state index contributed by atoms with van der Waals surface area (Å²) in [6.45, 7) is 1.92. The second-order valence-corrected chi connectivity index (χ2v) is 7.71. The number of carbonyl (C=O) groups excluding carboxylic acids is 1. The zero-order chi connectivity index (χ0) is 21.6. The molecule has 0 radical (unpaired) electrons. The van der Waals surface area contributed by atoms with Crippen molar-refractivity contribution in [2.75, 3.05) is 0 Å². The average molecular weight is 412 g/mol. The number of nitrogens with zero attached hydrogens (tertiary/aromatic N) is 3. The first-order valence-electron chi connectivity index (χ1n) is 10.6. The molecule has 4 aromatic rings. The van der Waals surface area contributed by atoms with Crippen molar-refractivity contribution in [3.05, 3.63) is 78.9 Å². The summed E-state index contributed by atoms with van der Waals surface area (Å²) in [5.41, 5.74) is 5.57. The van der Waals surface area contributed by atoms with Crippen molar-refractivity contribution in [2.45, 2.75) is 38.7 Å². The molecule has 3 aromatic heterocycles. The fourth-order valence-electron chi connectivity index (χ4n) is 3.65. The molecule has 0 amide bonds. The standard InChI is InChI=1S/C26H25N3O2/c1-2-22(30)8-9-23(31)14-18-7-10-25-21(13-18)15-24(19-5-3-11-27-16-19)26(29-25)20-6-4-12-28-17-20/h3-7,10-13,15-17,22,30H,2,8-9,14H2,1H3. The van der Waals surface area contributed by atoms with Gasteiger partial charge < -0.3 is 5.11 Å². The number of benzene rings is 1. The average Bonchev–Trinajstić information content (AvgIpc) is 2.82. The van der Waals surface area contributed by atoms with Gasteiger partial charge in [0.1, 0.15) is 5.78 Å². The van der Waals surface area contributed by atoms with Gasteiger partial charge >= 0.3 is 0 Å². The highest BCUT2D eigenvalue weighted by atomic mass is 16.3. The first kappa shape index (κ1) is 20.8. The number of aliphatic hydroxyl groups is 1. The topological polar surface area (TPSA) is 76.0 Å². The smallest absolute Gasteiger partial charge is 0.137 e. The van der Waals surface area contributed by atoms with E-state index in [0.29, 0.717) is 25.7 Å². The number of ketones is 1. The van der Waals surface area contributed by atoms with E-state index in [2.05, 4.69) is 16.0 Å². The Morgan fingerprint density at radius 1 is 1.00 bits per heavy atom. The van der Waals surface area contributed by atoms with Gasteiger partial charge in [0.15, 0.2) is 0 Å². The van der Waals surface area contributed by atoms with Crippen LogP contribution in [0, 0.1) is 0 Å². The predicted octanol–water partition coefficient (Wildman–Crippen LogP) is 5.02. The number of hydrogen-bond acceptors (Lipinski definition) is 5. The second kappa shape index (κ2) is 9.58. The molecular formula is C26H25N3O2. The molecule has 0 bridgehead atoms. The van der Waals surface area contributed by atoms with Crippen molar-refractivity contribution in [1.82, 2.24) is 15.0 Å².